The zero-order chi connectivity index (χ0) is 22.7. The first-order chi connectivity index (χ1) is 15.5. The van der Waals surface area contributed by atoms with Gasteiger partial charge in [-0.05, 0) is 67.3 Å². The molecule has 2 heterocycles. The summed E-state index contributed by atoms with van der Waals surface area (Å²) in [5.41, 5.74) is 4.31. The van der Waals surface area contributed by atoms with Gasteiger partial charge in [-0.15, -0.1) is 0 Å². The Morgan fingerprint density at radius 1 is 1.06 bits per heavy atom. The SMILES string of the molecule is COc1cccc(C(=O)N2CCC[C@@H](c3cc(-c4ccc(F)cc4)cc(C)n3)C2)c1OC. The molecule has 166 valence electrons. The predicted molar refractivity (Wildman–Crippen MR) is 122 cm³/mol. The van der Waals surface area contributed by atoms with Gasteiger partial charge in [0.1, 0.15) is 5.82 Å². The summed E-state index contributed by atoms with van der Waals surface area (Å²) in [4.78, 5) is 20.0. The van der Waals surface area contributed by atoms with E-state index in [0.29, 0.717) is 30.2 Å². The number of rotatable bonds is 5. The van der Waals surface area contributed by atoms with Crippen molar-refractivity contribution in [3.63, 3.8) is 0 Å². The minimum Gasteiger partial charge on any atom is -0.493 e. The summed E-state index contributed by atoms with van der Waals surface area (Å²) in [6, 6.07) is 15.9. The molecule has 3 aromatic rings. The lowest BCUT2D eigenvalue weighted by Crippen LogP contribution is -2.39. The molecule has 1 saturated heterocycles. The van der Waals surface area contributed by atoms with Crippen molar-refractivity contribution in [1.29, 1.82) is 0 Å². The Kier molecular flexibility index (Phi) is 6.40. The van der Waals surface area contributed by atoms with Crippen LogP contribution < -0.4 is 9.47 Å². The van der Waals surface area contributed by atoms with Crippen LogP contribution in [0, 0.1) is 12.7 Å². The molecular weight excluding hydrogens is 407 g/mol. The van der Waals surface area contributed by atoms with Crippen LogP contribution in [-0.2, 0) is 0 Å². The van der Waals surface area contributed by atoms with E-state index >= 15 is 0 Å². The van der Waals surface area contributed by atoms with E-state index in [2.05, 4.69) is 6.07 Å². The predicted octanol–water partition coefficient (Wildman–Crippen LogP) is 5.23. The summed E-state index contributed by atoms with van der Waals surface area (Å²) in [6.07, 6.45) is 1.85. The maximum absolute atomic E-state index is 13.3. The van der Waals surface area contributed by atoms with Gasteiger partial charge in [0.15, 0.2) is 11.5 Å². The number of ether oxygens (including phenoxy) is 2. The van der Waals surface area contributed by atoms with Crippen LogP contribution in [0.15, 0.2) is 54.6 Å². The van der Waals surface area contributed by atoms with Gasteiger partial charge < -0.3 is 14.4 Å². The number of piperidine rings is 1. The number of nitrogens with zero attached hydrogens (tertiary/aromatic N) is 2. The molecule has 2 aromatic carbocycles. The van der Waals surface area contributed by atoms with Gasteiger partial charge in [-0.2, -0.15) is 0 Å². The first-order valence-electron chi connectivity index (χ1n) is 10.7. The van der Waals surface area contributed by atoms with E-state index in [1.165, 1.54) is 12.1 Å². The first kappa shape index (κ1) is 21.8. The second-order valence-electron chi connectivity index (χ2n) is 8.06. The molecule has 4 rings (SSSR count). The number of hydrogen-bond donors (Lipinski definition) is 0. The van der Waals surface area contributed by atoms with Crippen LogP contribution in [0.25, 0.3) is 11.1 Å². The number of carbonyl (C=O) groups excluding carboxylic acids is 1. The second kappa shape index (κ2) is 9.39. The van der Waals surface area contributed by atoms with Crippen molar-refractivity contribution in [1.82, 2.24) is 9.88 Å². The molecule has 1 atom stereocenters. The second-order valence-corrected chi connectivity index (χ2v) is 8.06. The fraction of sp³-hybridized carbons (Fsp3) is 0.308. The van der Waals surface area contributed by atoms with Crippen LogP contribution in [0.2, 0.25) is 0 Å². The van der Waals surface area contributed by atoms with Crippen LogP contribution in [0.5, 0.6) is 11.5 Å². The van der Waals surface area contributed by atoms with E-state index < -0.39 is 0 Å². The van der Waals surface area contributed by atoms with Crippen molar-refractivity contribution < 1.29 is 18.7 Å². The highest BCUT2D eigenvalue weighted by Crippen LogP contribution is 2.34. The molecule has 0 bridgehead atoms. The molecule has 5 nitrogen and oxygen atoms in total. The van der Waals surface area contributed by atoms with Crippen LogP contribution in [0.1, 0.15) is 40.5 Å². The molecule has 0 unspecified atom stereocenters. The van der Waals surface area contributed by atoms with Crippen LogP contribution in [-0.4, -0.2) is 43.1 Å². The van der Waals surface area contributed by atoms with Gasteiger partial charge >= 0.3 is 0 Å². The summed E-state index contributed by atoms with van der Waals surface area (Å²) >= 11 is 0. The van der Waals surface area contributed by atoms with Crippen molar-refractivity contribution in [3.8, 4) is 22.6 Å². The minimum atomic E-state index is -0.255. The molecular formula is C26H27FN2O3. The van der Waals surface area contributed by atoms with E-state index in [-0.39, 0.29) is 17.6 Å². The lowest BCUT2D eigenvalue weighted by atomic mass is 9.91. The lowest BCUT2D eigenvalue weighted by Gasteiger charge is -2.33. The quantitative estimate of drug-likeness (QED) is 0.552. The lowest BCUT2D eigenvalue weighted by molar-refractivity contribution is 0.0702. The van der Waals surface area contributed by atoms with Gasteiger partial charge in [-0.3, -0.25) is 9.78 Å². The van der Waals surface area contributed by atoms with Crippen molar-refractivity contribution in [3.05, 3.63) is 77.4 Å². The molecule has 0 saturated carbocycles. The smallest absolute Gasteiger partial charge is 0.257 e. The van der Waals surface area contributed by atoms with Gasteiger partial charge in [0, 0.05) is 30.4 Å². The summed E-state index contributed by atoms with van der Waals surface area (Å²) < 4.78 is 24.2. The van der Waals surface area contributed by atoms with E-state index in [0.717, 1.165) is 35.4 Å². The molecule has 1 aliphatic rings. The number of methoxy groups -OCH3 is 2. The van der Waals surface area contributed by atoms with Crippen molar-refractivity contribution in [2.75, 3.05) is 27.3 Å². The summed E-state index contributed by atoms with van der Waals surface area (Å²) in [5, 5.41) is 0. The molecule has 1 fully saturated rings. The number of amides is 1. The van der Waals surface area contributed by atoms with Gasteiger partial charge in [0.2, 0.25) is 0 Å². The van der Waals surface area contributed by atoms with Gasteiger partial charge in [0.25, 0.3) is 5.91 Å². The normalized spacial score (nSPS) is 16.0. The zero-order valence-corrected chi connectivity index (χ0v) is 18.6. The Hall–Kier alpha value is -3.41. The van der Waals surface area contributed by atoms with Crippen LogP contribution in [0.4, 0.5) is 4.39 Å². The number of hydrogen-bond acceptors (Lipinski definition) is 4. The average molecular weight is 435 g/mol. The monoisotopic (exact) mass is 434 g/mol. The van der Waals surface area contributed by atoms with Crippen LogP contribution >= 0.6 is 0 Å². The van der Waals surface area contributed by atoms with Gasteiger partial charge in [-0.25, -0.2) is 4.39 Å². The molecule has 32 heavy (non-hydrogen) atoms. The number of aromatic nitrogens is 1. The van der Waals surface area contributed by atoms with Crippen LogP contribution in [0.3, 0.4) is 0 Å². The number of halogens is 1. The molecule has 1 aromatic heterocycles. The number of carbonyl (C=O) groups is 1. The number of para-hydroxylation sites is 1. The number of benzene rings is 2. The third-order valence-electron chi connectivity index (χ3n) is 5.91. The molecule has 0 radical (unpaired) electrons. The Bertz CT molecular complexity index is 1110. The van der Waals surface area contributed by atoms with E-state index in [1.54, 1.807) is 44.6 Å². The molecule has 0 N–H and O–H groups in total. The maximum Gasteiger partial charge on any atom is 0.257 e. The fourth-order valence-corrected chi connectivity index (χ4v) is 4.34. The largest absolute Gasteiger partial charge is 0.493 e. The third kappa shape index (κ3) is 4.44. The van der Waals surface area contributed by atoms with E-state index in [9.17, 15) is 9.18 Å². The molecule has 1 amide bonds. The molecule has 1 aliphatic heterocycles. The summed E-state index contributed by atoms with van der Waals surface area (Å²) in [5.74, 6) is 0.792. The van der Waals surface area contributed by atoms with Crippen molar-refractivity contribution in [2.45, 2.75) is 25.7 Å². The first-order valence-corrected chi connectivity index (χ1v) is 10.7. The number of pyridine rings is 1. The topological polar surface area (TPSA) is 51.7 Å². The Morgan fingerprint density at radius 3 is 2.56 bits per heavy atom. The summed E-state index contributed by atoms with van der Waals surface area (Å²) in [6.45, 7) is 3.23. The van der Waals surface area contributed by atoms with E-state index in [1.807, 2.05) is 17.9 Å². The third-order valence-corrected chi connectivity index (χ3v) is 5.91. The zero-order valence-electron chi connectivity index (χ0n) is 18.6. The Labute approximate surface area is 187 Å². The molecule has 6 heteroatoms. The standard InChI is InChI=1S/C26H27FN2O3/c1-17-14-20(18-9-11-21(27)12-10-18)15-23(28-17)19-6-5-13-29(16-19)26(30)22-7-4-8-24(31-2)25(22)32-3/h4,7-12,14-15,19H,5-6,13,16H2,1-3H3/t19-/m1/s1. The maximum atomic E-state index is 13.3. The van der Waals surface area contributed by atoms with Crippen molar-refractivity contribution >= 4 is 5.91 Å². The Morgan fingerprint density at radius 2 is 1.84 bits per heavy atom. The minimum absolute atomic E-state index is 0.0724. The highest BCUT2D eigenvalue weighted by atomic mass is 19.1. The Balaban J connectivity index is 1.60. The highest BCUT2D eigenvalue weighted by Gasteiger charge is 2.29. The van der Waals surface area contributed by atoms with Crippen molar-refractivity contribution in [2.24, 2.45) is 0 Å². The number of likely N-dealkylation sites (tertiary alicyclic amines) is 1. The average Bonchev–Trinajstić information content (AvgIpc) is 2.83. The fourth-order valence-electron chi connectivity index (χ4n) is 4.34. The summed E-state index contributed by atoms with van der Waals surface area (Å²) in [7, 11) is 3.10. The van der Waals surface area contributed by atoms with Gasteiger partial charge in [-0.1, -0.05) is 18.2 Å². The number of aryl methyl sites for hydroxylation is 1. The van der Waals surface area contributed by atoms with Gasteiger partial charge in [0.05, 0.1) is 19.8 Å². The highest BCUT2D eigenvalue weighted by molar-refractivity contribution is 5.98. The van der Waals surface area contributed by atoms with E-state index in [4.69, 9.17) is 14.5 Å². The molecule has 0 spiro atoms. The molecule has 0 aliphatic carbocycles.